The molecule has 4 unspecified atom stereocenters. The second kappa shape index (κ2) is 35.1. The standard InChI is InChI=1S/C40H77NO5/c1-3-5-7-9-11-13-15-17-18-19-20-22-23-25-27-29-31-33-37(43)39(45)36(35-42)41-40(46)38(44)34-32-30-28-26-24-21-16-14-12-10-8-6-4-2/h19-20,25,27,36-39,42-45H,3-18,21-24,26,28-35H2,1-2H3,(H,41,46)/b20-19+,27-25+. The van der Waals surface area contributed by atoms with E-state index in [2.05, 4.69) is 43.5 Å². The fourth-order valence-electron chi connectivity index (χ4n) is 5.95. The van der Waals surface area contributed by atoms with Crippen LogP contribution in [0, 0.1) is 0 Å². The van der Waals surface area contributed by atoms with Crippen LogP contribution in [0.25, 0.3) is 0 Å². The molecule has 0 aromatic heterocycles. The minimum absolute atomic E-state index is 0.363. The number of carbonyl (C=O) groups excluding carboxylic acids is 1. The topological polar surface area (TPSA) is 110 Å². The number of aliphatic hydroxyl groups is 4. The summed E-state index contributed by atoms with van der Waals surface area (Å²) in [5.74, 6) is -0.598. The molecule has 0 rings (SSSR count). The molecule has 4 atom stereocenters. The van der Waals surface area contributed by atoms with Gasteiger partial charge in [-0.1, -0.05) is 167 Å². The first kappa shape index (κ1) is 44.8. The molecule has 0 aliphatic heterocycles. The van der Waals surface area contributed by atoms with Crippen molar-refractivity contribution in [2.75, 3.05) is 6.61 Å². The lowest BCUT2D eigenvalue weighted by Gasteiger charge is -2.27. The number of hydrogen-bond donors (Lipinski definition) is 5. The first-order valence-electron chi connectivity index (χ1n) is 19.7. The maximum absolute atomic E-state index is 12.4. The Kier molecular flexibility index (Phi) is 34.2. The van der Waals surface area contributed by atoms with Gasteiger partial charge in [-0.05, 0) is 51.4 Å². The van der Waals surface area contributed by atoms with E-state index in [1.807, 2.05) is 0 Å². The van der Waals surface area contributed by atoms with E-state index in [0.717, 1.165) is 38.5 Å². The van der Waals surface area contributed by atoms with Crippen LogP contribution in [0.4, 0.5) is 0 Å². The normalized spacial score (nSPS) is 14.7. The molecule has 0 saturated carbocycles. The minimum atomic E-state index is -1.28. The van der Waals surface area contributed by atoms with Gasteiger partial charge in [-0.3, -0.25) is 4.79 Å². The largest absolute Gasteiger partial charge is 0.394 e. The lowest BCUT2D eigenvalue weighted by molar-refractivity contribution is -0.132. The Hall–Kier alpha value is -1.21. The van der Waals surface area contributed by atoms with Gasteiger partial charge in [0.05, 0.1) is 18.8 Å². The summed E-state index contributed by atoms with van der Waals surface area (Å²) in [6.45, 7) is 4.01. The molecule has 0 saturated heterocycles. The zero-order valence-corrected chi connectivity index (χ0v) is 30.3. The van der Waals surface area contributed by atoms with Crippen LogP contribution in [-0.2, 0) is 4.79 Å². The zero-order valence-electron chi connectivity index (χ0n) is 30.3. The number of carbonyl (C=O) groups is 1. The molecule has 6 heteroatoms. The van der Waals surface area contributed by atoms with Crippen LogP contribution in [0.3, 0.4) is 0 Å². The summed E-state index contributed by atoms with van der Waals surface area (Å²) in [6, 6.07) is -1.00. The number of rotatable bonds is 35. The van der Waals surface area contributed by atoms with Crippen LogP contribution in [0.2, 0.25) is 0 Å². The third-order valence-electron chi connectivity index (χ3n) is 9.14. The predicted molar refractivity (Wildman–Crippen MR) is 196 cm³/mol. The Morgan fingerprint density at radius 3 is 1.37 bits per heavy atom. The maximum atomic E-state index is 12.4. The number of allylic oxidation sites excluding steroid dienone is 4. The molecule has 0 fully saturated rings. The highest BCUT2D eigenvalue weighted by Crippen LogP contribution is 2.15. The van der Waals surface area contributed by atoms with Crippen LogP contribution in [0.5, 0.6) is 0 Å². The number of amides is 1. The predicted octanol–water partition coefficient (Wildman–Crippen LogP) is 9.62. The SMILES string of the molecule is CCCCCCCCCC/C=C/CC/C=C/CCCC(O)C(O)C(CO)NC(=O)C(O)CCCCCCCCCCCCCCC. The summed E-state index contributed by atoms with van der Waals surface area (Å²) >= 11 is 0. The average molecular weight is 652 g/mol. The van der Waals surface area contributed by atoms with E-state index in [-0.39, 0.29) is 0 Å². The molecule has 0 bridgehead atoms. The summed E-state index contributed by atoms with van der Waals surface area (Å²) in [4.78, 5) is 12.4. The van der Waals surface area contributed by atoms with Crippen molar-refractivity contribution in [3.63, 3.8) is 0 Å². The fourth-order valence-corrected chi connectivity index (χ4v) is 5.95. The molecule has 272 valence electrons. The van der Waals surface area contributed by atoms with Crippen molar-refractivity contribution in [1.82, 2.24) is 5.32 Å². The van der Waals surface area contributed by atoms with Gasteiger partial charge in [-0.15, -0.1) is 0 Å². The van der Waals surface area contributed by atoms with Gasteiger partial charge in [0.2, 0.25) is 5.91 Å². The van der Waals surface area contributed by atoms with Gasteiger partial charge in [0.25, 0.3) is 0 Å². The van der Waals surface area contributed by atoms with E-state index in [4.69, 9.17) is 0 Å². The van der Waals surface area contributed by atoms with Crippen molar-refractivity contribution >= 4 is 5.91 Å². The van der Waals surface area contributed by atoms with E-state index in [1.165, 1.54) is 122 Å². The van der Waals surface area contributed by atoms with Crippen LogP contribution in [0.1, 0.15) is 194 Å². The number of unbranched alkanes of at least 4 members (excludes halogenated alkanes) is 22. The van der Waals surface area contributed by atoms with Gasteiger partial charge in [-0.25, -0.2) is 0 Å². The minimum Gasteiger partial charge on any atom is -0.394 e. The van der Waals surface area contributed by atoms with Gasteiger partial charge >= 0.3 is 0 Å². The van der Waals surface area contributed by atoms with Crippen molar-refractivity contribution < 1.29 is 25.2 Å². The monoisotopic (exact) mass is 652 g/mol. The highest BCUT2D eigenvalue weighted by atomic mass is 16.3. The number of nitrogens with one attached hydrogen (secondary N) is 1. The molecule has 1 amide bonds. The number of hydrogen-bond acceptors (Lipinski definition) is 5. The zero-order chi connectivity index (χ0) is 33.9. The van der Waals surface area contributed by atoms with E-state index in [1.54, 1.807) is 0 Å². The Morgan fingerprint density at radius 2 is 0.913 bits per heavy atom. The molecule has 6 nitrogen and oxygen atoms in total. The molecule has 0 aromatic rings. The van der Waals surface area contributed by atoms with Gasteiger partial charge < -0.3 is 25.7 Å². The Labute approximate surface area is 284 Å². The average Bonchev–Trinajstić information content (AvgIpc) is 3.06. The molecule has 0 aliphatic carbocycles. The van der Waals surface area contributed by atoms with Gasteiger partial charge in [0.15, 0.2) is 0 Å². The van der Waals surface area contributed by atoms with Gasteiger partial charge in [0.1, 0.15) is 12.2 Å². The summed E-state index contributed by atoms with van der Waals surface area (Å²) < 4.78 is 0. The van der Waals surface area contributed by atoms with E-state index in [0.29, 0.717) is 19.3 Å². The molecule has 5 N–H and O–H groups in total. The van der Waals surface area contributed by atoms with Gasteiger partial charge in [-0.2, -0.15) is 0 Å². The molecule has 0 aromatic carbocycles. The second-order valence-electron chi connectivity index (χ2n) is 13.6. The molecule has 0 radical (unpaired) electrons. The highest BCUT2D eigenvalue weighted by molar-refractivity contribution is 5.80. The van der Waals surface area contributed by atoms with Crippen LogP contribution in [-0.4, -0.2) is 57.3 Å². The Balaban J connectivity index is 3.86. The highest BCUT2D eigenvalue weighted by Gasteiger charge is 2.28. The third-order valence-corrected chi connectivity index (χ3v) is 9.14. The van der Waals surface area contributed by atoms with Crippen molar-refractivity contribution in [2.24, 2.45) is 0 Å². The number of aliphatic hydroxyl groups excluding tert-OH is 4. The van der Waals surface area contributed by atoms with Crippen molar-refractivity contribution in [2.45, 2.75) is 218 Å². The second-order valence-corrected chi connectivity index (χ2v) is 13.6. The smallest absolute Gasteiger partial charge is 0.249 e. The lowest BCUT2D eigenvalue weighted by Crippen LogP contribution is -2.53. The molecular weight excluding hydrogens is 574 g/mol. The van der Waals surface area contributed by atoms with E-state index >= 15 is 0 Å². The lowest BCUT2D eigenvalue weighted by atomic mass is 10.00. The van der Waals surface area contributed by atoms with E-state index in [9.17, 15) is 25.2 Å². The molecule has 0 aliphatic rings. The van der Waals surface area contributed by atoms with Crippen molar-refractivity contribution in [1.29, 1.82) is 0 Å². The van der Waals surface area contributed by atoms with Crippen LogP contribution >= 0.6 is 0 Å². The Bertz CT molecular complexity index is 697. The summed E-state index contributed by atoms with van der Waals surface area (Å²) in [6.07, 6.45) is 37.7. The molecule has 0 spiro atoms. The first-order chi connectivity index (χ1) is 22.5. The third kappa shape index (κ3) is 29.0. The summed E-state index contributed by atoms with van der Waals surface area (Å²) in [5.41, 5.74) is 0. The van der Waals surface area contributed by atoms with Gasteiger partial charge in [0, 0.05) is 0 Å². The van der Waals surface area contributed by atoms with Crippen LogP contribution < -0.4 is 5.32 Å². The van der Waals surface area contributed by atoms with E-state index < -0.39 is 36.9 Å². The first-order valence-corrected chi connectivity index (χ1v) is 19.7. The van der Waals surface area contributed by atoms with Crippen molar-refractivity contribution in [3.05, 3.63) is 24.3 Å². The molecule has 46 heavy (non-hydrogen) atoms. The molecular formula is C40H77NO5. The summed E-state index contributed by atoms with van der Waals surface area (Å²) in [7, 11) is 0. The quantitative estimate of drug-likeness (QED) is 0.0346. The summed E-state index contributed by atoms with van der Waals surface area (Å²) in [5, 5.41) is 43.5. The Morgan fingerprint density at radius 1 is 0.522 bits per heavy atom. The maximum Gasteiger partial charge on any atom is 0.249 e. The fraction of sp³-hybridized carbons (Fsp3) is 0.875. The van der Waals surface area contributed by atoms with Crippen LogP contribution in [0.15, 0.2) is 24.3 Å². The molecule has 0 heterocycles. The van der Waals surface area contributed by atoms with Crippen molar-refractivity contribution in [3.8, 4) is 0 Å².